The third-order valence-electron chi connectivity index (χ3n) is 4.37. The summed E-state index contributed by atoms with van der Waals surface area (Å²) in [5, 5.41) is 0. The van der Waals surface area contributed by atoms with E-state index in [9.17, 15) is 4.39 Å². The zero-order chi connectivity index (χ0) is 15.9. The molecule has 0 saturated heterocycles. The van der Waals surface area contributed by atoms with E-state index in [1.54, 1.807) is 6.07 Å². The summed E-state index contributed by atoms with van der Waals surface area (Å²) in [6, 6.07) is 13.9. The molecular formula is C21H27F. The highest BCUT2D eigenvalue weighted by atomic mass is 19.1. The highest BCUT2D eigenvalue weighted by molar-refractivity contribution is 5.64. The van der Waals surface area contributed by atoms with Crippen LogP contribution in [0.4, 0.5) is 4.39 Å². The van der Waals surface area contributed by atoms with E-state index < -0.39 is 0 Å². The van der Waals surface area contributed by atoms with E-state index in [4.69, 9.17) is 0 Å². The highest BCUT2D eigenvalue weighted by Crippen LogP contribution is 2.31. The quantitative estimate of drug-likeness (QED) is 0.523. The first kappa shape index (κ1) is 16.7. The van der Waals surface area contributed by atoms with E-state index in [2.05, 4.69) is 19.9 Å². The predicted molar refractivity (Wildman–Crippen MR) is 93.7 cm³/mol. The standard InChI is InChI=1S/C21H27F/c1-4-6-8-17(7-5-2)19-13-14-20(21(22)15-19)18-11-9-16(3)10-12-18/h9-15,17H,4-8H2,1-3H3. The van der Waals surface area contributed by atoms with Crippen molar-refractivity contribution in [1.82, 2.24) is 0 Å². The lowest BCUT2D eigenvalue weighted by molar-refractivity contribution is 0.536. The predicted octanol–water partition coefficient (Wildman–Crippen LogP) is 6.88. The van der Waals surface area contributed by atoms with Crippen molar-refractivity contribution in [3.8, 4) is 11.1 Å². The van der Waals surface area contributed by atoms with Crippen molar-refractivity contribution in [2.75, 3.05) is 0 Å². The fourth-order valence-corrected chi connectivity index (χ4v) is 3.03. The van der Waals surface area contributed by atoms with Crippen LogP contribution in [0.2, 0.25) is 0 Å². The summed E-state index contributed by atoms with van der Waals surface area (Å²) in [4.78, 5) is 0. The van der Waals surface area contributed by atoms with Gasteiger partial charge < -0.3 is 0 Å². The van der Waals surface area contributed by atoms with Crippen molar-refractivity contribution in [2.45, 2.75) is 58.8 Å². The van der Waals surface area contributed by atoms with Crippen LogP contribution in [0.5, 0.6) is 0 Å². The first-order valence-corrected chi connectivity index (χ1v) is 8.52. The monoisotopic (exact) mass is 298 g/mol. The van der Waals surface area contributed by atoms with E-state index in [-0.39, 0.29) is 5.82 Å². The van der Waals surface area contributed by atoms with Crippen LogP contribution in [0.15, 0.2) is 42.5 Å². The molecule has 0 nitrogen and oxygen atoms in total. The molecular weight excluding hydrogens is 271 g/mol. The molecule has 0 heterocycles. The zero-order valence-corrected chi connectivity index (χ0v) is 14.0. The van der Waals surface area contributed by atoms with Crippen molar-refractivity contribution >= 4 is 0 Å². The van der Waals surface area contributed by atoms with E-state index in [0.717, 1.165) is 30.4 Å². The Balaban J connectivity index is 2.25. The summed E-state index contributed by atoms with van der Waals surface area (Å²) in [5.74, 6) is 0.394. The van der Waals surface area contributed by atoms with Crippen LogP contribution < -0.4 is 0 Å². The Morgan fingerprint density at radius 3 is 2.23 bits per heavy atom. The minimum Gasteiger partial charge on any atom is -0.206 e. The largest absolute Gasteiger partial charge is 0.206 e. The number of hydrogen-bond donors (Lipinski definition) is 0. The summed E-state index contributed by atoms with van der Waals surface area (Å²) >= 11 is 0. The van der Waals surface area contributed by atoms with Crippen LogP contribution in [0.25, 0.3) is 11.1 Å². The molecule has 2 aromatic carbocycles. The molecule has 2 rings (SSSR count). The molecule has 22 heavy (non-hydrogen) atoms. The van der Waals surface area contributed by atoms with Gasteiger partial charge in [0.2, 0.25) is 0 Å². The van der Waals surface area contributed by atoms with Gasteiger partial charge in [0.05, 0.1) is 0 Å². The number of hydrogen-bond acceptors (Lipinski definition) is 0. The number of rotatable bonds is 7. The Morgan fingerprint density at radius 1 is 0.909 bits per heavy atom. The molecule has 0 bridgehead atoms. The molecule has 0 aliphatic heterocycles. The Hall–Kier alpha value is -1.63. The lowest BCUT2D eigenvalue weighted by atomic mass is 9.88. The van der Waals surface area contributed by atoms with Gasteiger partial charge in [-0.05, 0) is 42.9 Å². The molecule has 0 aromatic heterocycles. The second-order valence-corrected chi connectivity index (χ2v) is 6.23. The number of benzene rings is 2. The maximum atomic E-state index is 14.6. The third kappa shape index (κ3) is 4.19. The number of aryl methyl sites for hydroxylation is 1. The molecule has 0 N–H and O–H groups in total. The summed E-state index contributed by atoms with van der Waals surface area (Å²) in [5.41, 5.74) is 4.01. The van der Waals surface area contributed by atoms with Crippen LogP contribution in [-0.2, 0) is 0 Å². The Bertz CT molecular complexity index is 583. The average Bonchev–Trinajstić information content (AvgIpc) is 2.52. The molecule has 1 unspecified atom stereocenters. The maximum absolute atomic E-state index is 14.6. The molecule has 1 atom stereocenters. The molecule has 0 amide bonds. The first-order chi connectivity index (χ1) is 10.7. The summed E-state index contributed by atoms with van der Waals surface area (Å²) in [6.07, 6.45) is 5.86. The van der Waals surface area contributed by atoms with Crippen LogP contribution >= 0.6 is 0 Å². The van der Waals surface area contributed by atoms with Gasteiger partial charge in [0.15, 0.2) is 0 Å². The van der Waals surface area contributed by atoms with E-state index in [1.165, 1.54) is 18.4 Å². The minimum absolute atomic E-state index is 0.0982. The topological polar surface area (TPSA) is 0 Å². The van der Waals surface area contributed by atoms with Gasteiger partial charge in [-0.15, -0.1) is 0 Å². The Labute approximate surface area is 134 Å². The van der Waals surface area contributed by atoms with E-state index >= 15 is 0 Å². The molecule has 118 valence electrons. The van der Waals surface area contributed by atoms with Gasteiger partial charge in [0, 0.05) is 5.56 Å². The second-order valence-electron chi connectivity index (χ2n) is 6.23. The molecule has 0 radical (unpaired) electrons. The Morgan fingerprint density at radius 2 is 1.64 bits per heavy atom. The van der Waals surface area contributed by atoms with Crippen LogP contribution in [-0.4, -0.2) is 0 Å². The van der Waals surface area contributed by atoms with Gasteiger partial charge in [-0.3, -0.25) is 0 Å². The lowest BCUT2D eigenvalue weighted by Crippen LogP contribution is -2.00. The Kier molecular flexibility index (Phi) is 6.18. The zero-order valence-electron chi connectivity index (χ0n) is 14.0. The van der Waals surface area contributed by atoms with Gasteiger partial charge in [-0.2, -0.15) is 0 Å². The molecule has 0 saturated carbocycles. The van der Waals surface area contributed by atoms with Crippen molar-refractivity contribution < 1.29 is 4.39 Å². The first-order valence-electron chi connectivity index (χ1n) is 8.52. The van der Waals surface area contributed by atoms with Crippen molar-refractivity contribution in [3.05, 3.63) is 59.4 Å². The van der Waals surface area contributed by atoms with Crippen molar-refractivity contribution in [1.29, 1.82) is 0 Å². The molecule has 0 spiro atoms. The highest BCUT2D eigenvalue weighted by Gasteiger charge is 2.13. The van der Waals surface area contributed by atoms with Gasteiger partial charge in [-0.25, -0.2) is 4.39 Å². The average molecular weight is 298 g/mol. The lowest BCUT2D eigenvalue weighted by Gasteiger charge is -2.17. The molecule has 0 fully saturated rings. The van der Waals surface area contributed by atoms with Crippen LogP contribution in [0, 0.1) is 12.7 Å². The van der Waals surface area contributed by atoms with Crippen molar-refractivity contribution in [2.24, 2.45) is 0 Å². The van der Waals surface area contributed by atoms with Gasteiger partial charge in [0.1, 0.15) is 5.82 Å². The molecule has 0 aliphatic carbocycles. The minimum atomic E-state index is -0.0982. The summed E-state index contributed by atoms with van der Waals surface area (Å²) in [6.45, 7) is 6.46. The molecule has 0 aliphatic rings. The maximum Gasteiger partial charge on any atom is 0.131 e. The van der Waals surface area contributed by atoms with Gasteiger partial charge >= 0.3 is 0 Å². The van der Waals surface area contributed by atoms with E-state index in [1.807, 2.05) is 37.3 Å². The molecule has 1 heteroatoms. The number of unbranched alkanes of at least 4 members (excludes halogenated alkanes) is 1. The fraction of sp³-hybridized carbons (Fsp3) is 0.429. The second kappa shape index (κ2) is 8.12. The third-order valence-corrected chi connectivity index (χ3v) is 4.37. The van der Waals surface area contributed by atoms with Crippen molar-refractivity contribution in [3.63, 3.8) is 0 Å². The summed E-state index contributed by atoms with van der Waals surface area (Å²) in [7, 11) is 0. The molecule has 2 aromatic rings. The van der Waals surface area contributed by atoms with E-state index in [0.29, 0.717) is 11.5 Å². The SMILES string of the molecule is CCCCC(CCC)c1ccc(-c2ccc(C)cc2)c(F)c1. The fourth-order valence-electron chi connectivity index (χ4n) is 3.03. The van der Waals surface area contributed by atoms with Gasteiger partial charge in [0.25, 0.3) is 0 Å². The smallest absolute Gasteiger partial charge is 0.131 e. The van der Waals surface area contributed by atoms with Gasteiger partial charge in [-0.1, -0.05) is 75.1 Å². The summed E-state index contributed by atoms with van der Waals surface area (Å²) < 4.78 is 14.6. The van der Waals surface area contributed by atoms with Crippen LogP contribution in [0.1, 0.15) is 63.0 Å². The van der Waals surface area contributed by atoms with Crippen LogP contribution in [0.3, 0.4) is 0 Å². The normalized spacial score (nSPS) is 12.4. The number of halogens is 1.